The number of ether oxygens (including phenoxy) is 3. The Bertz CT molecular complexity index is 1130. The Balaban J connectivity index is 2.25. The summed E-state index contributed by atoms with van der Waals surface area (Å²) in [6, 6.07) is 15.8. The molecule has 0 saturated carbocycles. The number of halogens is 1. The molecule has 3 rings (SSSR count). The fourth-order valence-corrected chi connectivity index (χ4v) is 5.36. The largest absolute Gasteiger partial charge is 0.464 e. The second kappa shape index (κ2) is 10.8. The summed E-state index contributed by atoms with van der Waals surface area (Å²) in [6.07, 6.45) is 1.47. The first kappa shape index (κ1) is 26.1. The van der Waals surface area contributed by atoms with E-state index in [1.165, 1.54) is 6.08 Å². The van der Waals surface area contributed by atoms with E-state index in [4.69, 9.17) is 14.2 Å². The van der Waals surface area contributed by atoms with Gasteiger partial charge in [-0.15, -0.1) is 4.31 Å². The van der Waals surface area contributed by atoms with E-state index in [2.05, 4.69) is 15.9 Å². The van der Waals surface area contributed by atoms with Crippen molar-refractivity contribution in [2.45, 2.75) is 31.7 Å². The number of sulfonamides is 1. The van der Waals surface area contributed by atoms with Crippen molar-refractivity contribution in [3.8, 4) is 0 Å². The third-order valence-electron chi connectivity index (χ3n) is 5.20. The number of esters is 2. The molecule has 0 amide bonds. The van der Waals surface area contributed by atoms with Gasteiger partial charge in [0.2, 0.25) is 10.0 Å². The van der Waals surface area contributed by atoms with Crippen LogP contribution in [0.3, 0.4) is 0 Å². The Morgan fingerprint density at radius 3 is 2.09 bits per heavy atom. The molecule has 0 N–H and O–H groups in total. The quantitative estimate of drug-likeness (QED) is 0.364. The summed E-state index contributed by atoms with van der Waals surface area (Å²) < 4.78 is 44.5. The average molecular weight is 552 g/mol. The second-order valence-electron chi connectivity index (χ2n) is 7.50. The predicted octanol–water partition coefficient (Wildman–Crippen LogP) is 3.69. The minimum Gasteiger partial charge on any atom is -0.464 e. The first-order chi connectivity index (χ1) is 16.2. The van der Waals surface area contributed by atoms with Gasteiger partial charge in [0.05, 0.1) is 19.5 Å². The highest BCUT2D eigenvalue weighted by molar-refractivity contribution is 9.10. The third kappa shape index (κ3) is 5.10. The first-order valence-corrected chi connectivity index (χ1v) is 13.3. The number of carbonyl (C=O) groups is 2. The molecule has 1 heterocycles. The lowest BCUT2D eigenvalue weighted by atomic mass is 9.92. The number of nitrogens with zero attached hydrogens (tertiary/aromatic N) is 1. The molecule has 0 unspecified atom stereocenters. The van der Waals surface area contributed by atoms with Crippen molar-refractivity contribution in [3.05, 3.63) is 76.3 Å². The lowest BCUT2D eigenvalue weighted by molar-refractivity contribution is -0.170. The summed E-state index contributed by atoms with van der Waals surface area (Å²) in [6.45, 7) is 2.99. The van der Waals surface area contributed by atoms with Crippen LogP contribution in [0.25, 0.3) is 6.08 Å². The van der Waals surface area contributed by atoms with Crippen LogP contribution in [0.15, 0.2) is 65.1 Å². The van der Waals surface area contributed by atoms with Crippen molar-refractivity contribution in [1.82, 2.24) is 4.31 Å². The fraction of sp³-hybridized carbons (Fsp3) is 0.333. The Morgan fingerprint density at radius 1 is 1.03 bits per heavy atom. The highest BCUT2D eigenvalue weighted by Gasteiger charge is 2.69. The summed E-state index contributed by atoms with van der Waals surface area (Å²) in [7, 11) is -4.19. The standard InChI is InChI=1S/C24H26BrNO7S/c1-4-31-22(27)24(23(28)32-5-2)20(16-13-17-11-14-19(25)15-12-17)33-21(26(24)34(3,29)30)18-9-7-6-8-10-18/h6-16,20-21H,4-5H2,1-3H3/b16-13+/t20-,21+/m0/s1. The molecule has 182 valence electrons. The molecular weight excluding hydrogens is 526 g/mol. The topological polar surface area (TPSA) is 99.2 Å². The van der Waals surface area contributed by atoms with E-state index in [1.807, 2.05) is 24.3 Å². The molecule has 0 bridgehead atoms. The third-order valence-corrected chi connectivity index (χ3v) is 6.92. The zero-order valence-electron chi connectivity index (χ0n) is 19.0. The maximum absolute atomic E-state index is 13.4. The molecular formula is C24H26BrNO7S. The van der Waals surface area contributed by atoms with Crippen LogP contribution in [0.4, 0.5) is 0 Å². The molecule has 1 fully saturated rings. The molecule has 2 aromatic rings. The highest BCUT2D eigenvalue weighted by atomic mass is 79.9. The Hall–Kier alpha value is -2.53. The van der Waals surface area contributed by atoms with Gasteiger partial charge in [0, 0.05) is 4.47 Å². The van der Waals surface area contributed by atoms with Gasteiger partial charge in [-0.2, -0.15) is 0 Å². The van der Waals surface area contributed by atoms with Crippen LogP contribution < -0.4 is 0 Å². The minimum absolute atomic E-state index is 0.0727. The number of benzene rings is 2. The molecule has 8 nitrogen and oxygen atoms in total. The number of rotatable bonds is 8. The van der Waals surface area contributed by atoms with Gasteiger partial charge >= 0.3 is 11.9 Å². The van der Waals surface area contributed by atoms with Gasteiger partial charge in [-0.1, -0.05) is 70.5 Å². The summed E-state index contributed by atoms with van der Waals surface area (Å²) in [5.41, 5.74) is -1.21. The molecule has 2 atom stereocenters. The van der Waals surface area contributed by atoms with E-state index in [1.54, 1.807) is 50.3 Å². The number of carbonyl (C=O) groups excluding carboxylic acids is 2. The van der Waals surface area contributed by atoms with Crippen LogP contribution in [0, 0.1) is 0 Å². The van der Waals surface area contributed by atoms with E-state index in [9.17, 15) is 18.0 Å². The zero-order chi connectivity index (χ0) is 24.9. The molecule has 10 heteroatoms. The minimum atomic E-state index is -4.19. The first-order valence-electron chi connectivity index (χ1n) is 10.6. The smallest absolute Gasteiger partial charge is 0.342 e. The predicted molar refractivity (Wildman–Crippen MR) is 130 cm³/mol. The van der Waals surface area contributed by atoms with Gasteiger partial charge in [-0.25, -0.2) is 18.0 Å². The molecule has 1 saturated heterocycles. The van der Waals surface area contributed by atoms with Crippen molar-refractivity contribution in [2.24, 2.45) is 0 Å². The summed E-state index contributed by atoms with van der Waals surface area (Å²) in [5, 5.41) is 0. The van der Waals surface area contributed by atoms with Crippen molar-refractivity contribution in [3.63, 3.8) is 0 Å². The molecule has 34 heavy (non-hydrogen) atoms. The summed E-state index contributed by atoms with van der Waals surface area (Å²) >= 11 is 3.37. The monoisotopic (exact) mass is 551 g/mol. The van der Waals surface area contributed by atoms with E-state index >= 15 is 0 Å². The van der Waals surface area contributed by atoms with E-state index in [-0.39, 0.29) is 13.2 Å². The van der Waals surface area contributed by atoms with E-state index < -0.39 is 39.8 Å². The van der Waals surface area contributed by atoms with Crippen LogP contribution in [-0.2, 0) is 33.8 Å². The lowest BCUT2D eigenvalue weighted by Gasteiger charge is -2.34. The van der Waals surface area contributed by atoms with Crippen molar-refractivity contribution in [2.75, 3.05) is 19.5 Å². The van der Waals surface area contributed by atoms with Crippen molar-refractivity contribution in [1.29, 1.82) is 0 Å². The summed E-state index contributed by atoms with van der Waals surface area (Å²) in [4.78, 5) is 26.9. The van der Waals surface area contributed by atoms with Crippen molar-refractivity contribution >= 4 is 44.0 Å². The highest BCUT2D eigenvalue weighted by Crippen LogP contribution is 2.46. The molecule has 1 aliphatic heterocycles. The Labute approximate surface area is 207 Å². The van der Waals surface area contributed by atoms with Gasteiger partial charge in [0.25, 0.3) is 5.54 Å². The van der Waals surface area contributed by atoms with Crippen molar-refractivity contribution < 1.29 is 32.2 Å². The zero-order valence-corrected chi connectivity index (χ0v) is 21.4. The molecule has 2 aromatic carbocycles. The van der Waals surface area contributed by atoms with Crippen LogP contribution in [0.2, 0.25) is 0 Å². The molecule has 0 aliphatic carbocycles. The van der Waals surface area contributed by atoms with Gasteiger partial charge in [0.15, 0.2) is 6.23 Å². The van der Waals surface area contributed by atoms with Gasteiger partial charge in [0.1, 0.15) is 6.10 Å². The maximum atomic E-state index is 13.4. The van der Waals surface area contributed by atoms with Gasteiger partial charge in [-0.3, -0.25) is 0 Å². The average Bonchev–Trinajstić information content (AvgIpc) is 3.16. The molecule has 0 aromatic heterocycles. The fourth-order valence-electron chi connectivity index (χ4n) is 3.80. The molecule has 0 spiro atoms. The van der Waals surface area contributed by atoms with Crippen LogP contribution >= 0.6 is 15.9 Å². The normalized spacial score (nSPS) is 20.4. The SMILES string of the molecule is CCOC(=O)C1(C(=O)OCC)[C@H](/C=C/c2ccc(Br)cc2)O[C@H](c2ccccc2)N1S(C)(=O)=O. The number of hydrogen-bond donors (Lipinski definition) is 0. The number of hydrogen-bond acceptors (Lipinski definition) is 7. The van der Waals surface area contributed by atoms with E-state index in [0.29, 0.717) is 5.56 Å². The maximum Gasteiger partial charge on any atom is 0.342 e. The van der Waals surface area contributed by atoms with E-state index in [0.717, 1.165) is 20.6 Å². The van der Waals surface area contributed by atoms with Gasteiger partial charge in [-0.05, 0) is 37.1 Å². The second-order valence-corrected chi connectivity index (χ2v) is 10.3. The molecule has 1 aliphatic rings. The van der Waals surface area contributed by atoms with Crippen LogP contribution in [-0.4, -0.2) is 55.8 Å². The van der Waals surface area contributed by atoms with Crippen LogP contribution in [0.5, 0.6) is 0 Å². The Morgan fingerprint density at radius 2 is 1.59 bits per heavy atom. The molecule has 0 radical (unpaired) electrons. The summed E-state index contributed by atoms with van der Waals surface area (Å²) in [5.74, 6) is -2.13. The van der Waals surface area contributed by atoms with Gasteiger partial charge < -0.3 is 14.2 Å². The Kier molecular flexibility index (Phi) is 8.29. The lowest BCUT2D eigenvalue weighted by Crippen LogP contribution is -2.64. The van der Waals surface area contributed by atoms with Crippen LogP contribution in [0.1, 0.15) is 31.2 Å².